The summed E-state index contributed by atoms with van der Waals surface area (Å²) in [6.45, 7) is 0.622. The minimum Gasteiger partial charge on any atom is -0.497 e. The molecule has 0 aliphatic rings. The first-order valence-electron chi connectivity index (χ1n) is 43.6. The van der Waals surface area contributed by atoms with Crippen molar-refractivity contribution in [1.29, 1.82) is 0 Å². The molecule has 0 bridgehead atoms. The maximum atomic E-state index is 13.6. The zero-order chi connectivity index (χ0) is 106. The second kappa shape index (κ2) is 41.0. The van der Waals surface area contributed by atoms with Crippen LogP contribution >= 0.6 is 22.7 Å². The summed E-state index contributed by atoms with van der Waals surface area (Å²) in [5.74, 6) is -5.47. The highest BCUT2D eigenvalue weighted by Crippen LogP contribution is 2.42. The van der Waals surface area contributed by atoms with E-state index in [0.717, 1.165) is 57.7 Å². The number of nitrogens with zero attached hydrogens (tertiary/aromatic N) is 18. The van der Waals surface area contributed by atoms with Gasteiger partial charge in [0.1, 0.15) is 33.3 Å². The maximum absolute atomic E-state index is 13.6. The van der Waals surface area contributed by atoms with Crippen LogP contribution in [0.2, 0.25) is 0 Å². The molecule has 0 saturated carbocycles. The van der Waals surface area contributed by atoms with Crippen LogP contribution in [0.15, 0.2) is 356 Å². The van der Waals surface area contributed by atoms with Crippen LogP contribution in [-0.4, -0.2) is 98.8 Å². The van der Waals surface area contributed by atoms with E-state index in [1.165, 1.54) is 146 Å². The fourth-order valence-electron chi connectivity index (χ4n) is 15.4. The van der Waals surface area contributed by atoms with Crippen LogP contribution in [0.5, 0.6) is 11.5 Å². The average Bonchev–Trinajstić information content (AvgIpc) is 1.60. The molecule has 150 heavy (non-hydrogen) atoms. The number of aromatic nitrogens is 18. The summed E-state index contributed by atoms with van der Waals surface area (Å²) >= 11 is 2.82. The second-order valence-electron chi connectivity index (χ2n) is 32.3. The van der Waals surface area contributed by atoms with Crippen molar-refractivity contribution in [3.8, 4) is 100 Å². The molecule has 22 nitrogen and oxygen atoms in total. The van der Waals surface area contributed by atoms with Gasteiger partial charge in [0.2, 0.25) is 52.6 Å². The lowest BCUT2D eigenvalue weighted by molar-refractivity contribution is -0.159. The fourth-order valence-corrected chi connectivity index (χ4v) is 17.0. The molecule has 24 aromatic rings. The third-order valence-corrected chi connectivity index (χ3v) is 24.0. The Morgan fingerprint density at radius 2 is 0.627 bits per heavy atom. The molecule has 0 unspecified atom stereocenters. The van der Waals surface area contributed by atoms with E-state index in [9.17, 15) is 101 Å². The number of fused-ring (bicyclic) bond motifs is 9. The molecular weight excluding hydrogens is 2050 g/mol. The van der Waals surface area contributed by atoms with Crippen LogP contribution in [0.25, 0.3) is 149 Å². The Hall–Kier alpha value is -17.7. The van der Waals surface area contributed by atoms with Crippen LogP contribution in [0.4, 0.5) is 101 Å². The SMILES string of the molecule is CC(F)(F)Oc1ccc(-c2ccc3c(-c4ccccc4)nc(C(F)(F)F)n3c2)cc1.COc1ccc(-c2ccc3cnc(C(F)(F)F)n3c2)cc1.FC(F)(F)c1ncc2ccc(-c3ccccc3)cn12.FC(F)(F)c1ncc2ccc(-c3nc4ccccc4o3)cn12.FC(F)(F)c1ncc2ccc(-c3nc4ccccc4s3)cn12.FC(F)(F)c1ncc2ccc(-c3ncco3)cn12.FC(F)(F)c1ncc2ccc(-c3nccs3)cn12. The lowest BCUT2D eigenvalue weighted by Crippen LogP contribution is -2.18. The number of hydrogen-bond donors (Lipinski definition) is 0. The summed E-state index contributed by atoms with van der Waals surface area (Å²) in [6.07, 6.45) is -13.6. The van der Waals surface area contributed by atoms with Gasteiger partial charge in [0.05, 0.1) is 116 Å². The summed E-state index contributed by atoms with van der Waals surface area (Å²) in [5, 5.41) is 3.14. The number of alkyl halides is 23. The monoisotopic (exact) mass is 2120 g/mol. The molecule has 0 N–H and O–H groups in total. The van der Waals surface area contributed by atoms with Crippen molar-refractivity contribution in [3.63, 3.8) is 0 Å². The highest BCUT2D eigenvalue weighted by Gasteiger charge is 2.43. The number of oxazole rings is 2. The Bertz CT molecular complexity index is 8510. The number of hydrogen-bond acceptors (Lipinski definition) is 17. The maximum Gasteiger partial charge on any atom is 0.450 e. The van der Waals surface area contributed by atoms with Crippen molar-refractivity contribution in [2.24, 2.45) is 0 Å². The molecule has 0 saturated heterocycles. The Balaban J connectivity index is 0.000000115. The van der Waals surface area contributed by atoms with Gasteiger partial charge in [-0.3, -0.25) is 30.8 Å². The Kier molecular flexibility index (Phi) is 28.0. The Labute approximate surface area is 834 Å². The Morgan fingerprint density at radius 3 is 1.02 bits per heavy atom. The number of para-hydroxylation sites is 3. The zero-order valence-electron chi connectivity index (χ0n) is 76.1. The van der Waals surface area contributed by atoms with E-state index < -0.39 is 90.1 Å². The van der Waals surface area contributed by atoms with Crippen LogP contribution in [0.3, 0.4) is 0 Å². The van der Waals surface area contributed by atoms with Gasteiger partial charge in [-0.2, -0.15) is 101 Å². The molecule has 18 heterocycles. The van der Waals surface area contributed by atoms with E-state index in [4.69, 9.17) is 13.6 Å². The van der Waals surface area contributed by atoms with Gasteiger partial charge in [-0.15, -0.1) is 22.7 Å². The number of benzene rings is 6. The van der Waals surface area contributed by atoms with Crippen LogP contribution < -0.4 is 9.47 Å². The zero-order valence-corrected chi connectivity index (χ0v) is 77.7. The van der Waals surface area contributed by atoms with Crippen molar-refractivity contribution in [2.75, 3.05) is 7.11 Å². The van der Waals surface area contributed by atoms with Gasteiger partial charge in [0.15, 0.2) is 5.58 Å². The highest BCUT2D eigenvalue weighted by molar-refractivity contribution is 7.21. The normalized spacial score (nSPS) is 12.2. The number of methoxy groups -OCH3 is 1. The quantitative estimate of drug-likeness (QED) is 0.110. The van der Waals surface area contributed by atoms with Crippen molar-refractivity contribution >= 4 is 82.6 Å². The summed E-state index contributed by atoms with van der Waals surface area (Å²) in [4.78, 5) is 41.1. The third kappa shape index (κ3) is 22.9. The van der Waals surface area contributed by atoms with Gasteiger partial charge in [-0.1, -0.05) is 127 Å². The van der Waals surface area contributed by atoms with Crippen molar-refractivity contribution < 1.29 is 119 Å². The number of rotatable bonds is 11. The van der Waals surface area contributed by atoms with E-state index in [2.05, 4.69) is 59.6 Å². The lowest BCUT2D eigenvalue weighted by Gasteiger charge is -2.13. The molecule has 18 aromatic heterocycles. The summed E-state index contributed by atoms with van der Waals surface area (Å²) in [6, 6.07) is 68.5. The fraction of sp³-hybridized carbons (Fsp3) is 0.0971. The van der Waals surface area contributed by atoms with E-state index in [-0.39, 0.29) is 23.2 Å². The van der Waals surface area contributed by atoms with Gasteiger partial charge in [-0.05, 0) is 149 Å². The smallest absolute Gasteiger partial charge is 0.450 e. The molecule has 0 atom stereocenters. The van der Waals surface area contributed by atoms with Crippen molar-refractivity contribution in [1.82, 2.24) is 85.6 Å². The van der Waals surface area contributed by atoms with Gasteiger partial charge in [0, 0.05) is 78.6 Å². The first-order valence-corrected chi connectivity index (χ1v) is 45.3. The molecule has 0 amide bonds. The predicted octanol–water partition coefficient (Wildman–Crippen LogP) is 30.0. The molecule has 47 heteroatoms. The molecule has 0 aliphatic heterocycles. The summed E-state index contributed by atoms with van der Waals surface area (Å²) < 4.78 is 326. The molecular formula is C103H63F23N18O4S2. The molecule has 0 aliphatic carbocycles. The molecule has 0 fully saturated rings. The molecule has 0 spiro atoms. The van der Waals surface area contributed by atoms with E-state index in [1.54, 1.807) is 170 Å². The first-order chi connectivity index (χ1) is 71.3. The van der Waals surface area contributed by atoms with Crippen LogP contribution in [0, 0.1) is 0 Å². The third-order valence-electron chi connectivity index (χ3n) is 22.1. The number of ether oxygens (including phenoxy) is 2. The number of thiazole rings is 2. The highest BCUT2D eigenvalue weighted by atomic mass is 32.1. The van der Waals surface area contributed by atoms with Gasteiger partial charge in [-0.25, -0.2) is 54.8 Å². The summed E-state index contributed by atoms with van der Waals surface area (Å²) in [7, 11) is 1.56. The molecule has 6 aromatic carbocycles. The lowest BCUT2D eigenvalue weighted by atomic mass is 10.1. The molecule has 24 rings (SSSR count). The number of imidazole rings is 7. The number of halogens is 23. The average molecular weight is 2120 g/mol. The Morgan fingerprint density at radius 1 is 0.280 bits per heavy atom. The van der Waals surface area contributed by atoms with Gasteiger partial charge in [0.25, 0.3) is 0 Å². The molecule has 0 radical (unpaired) electrons. The predicted molar refractivity (Wildman–Crippen MR) is 509 cm³/mol. The minimum atomic E-state index is -4.65. The van der Waals surface area contributed by atoms with Crippen LogP contribution in [-0.2, 0) is 43.2 Å². The van der Waals surface area contributed by atoms with E-state index in [1.807, 2.05) is 60.7 Å². The standard InChI is InChI=1S/C22H15F5N2O.C15H8F3N3O.C15H8F3N3S.C15H11F3N2O.C14H9F3N2.C11H6F3N3O.C11H6F3N3S/c1-21(23,24)30-17-10-7-14(8-11-17)16-9-12-18-19(15-5-3-2-4-6-15)28-20(22(25,26)27)29(18)13-16;2*16-15(17,18)14-19-7-10-6-5-9(8-21(10)14)13-20-11-3-1-2-4-12(11)22-13;1-21-13-6-3-10(4-7-13)11-2-5-12-8-19-14(15(16,17)18)20(12)9-11;15-14(16,17)13-18-8-12-7-6-11(9-19(12)13)10-4-2-1-3-5-10;2*12-11(13,14)10-16-5-8-2-1-7(6-17(8)10)9-15-3-4-18-9/h2-13H,1H3;2*1-8H;2-9H,1H3;1-9H;2*1-6H. The number of pyridine rings is 7. The largest absolute Gasteiger partial charge is 0.497 e. The van der Waals surface area contributed by atoms with Gasteiger partial charge >= 0.3 is 49.3 Å². The van der Waals surface area contributed by atoms with Crippen molar-refractivity contribution in [3.05, 3.63) is 388 Å². The van der Waals surface area contributed by atoms with Gasteiger partial charge < -0.3 is 18.3 Å². The van der Waals surface area contributed by atoms with Crippen molar-refractivity contribution in [2.45, 2.75) is 56.3 Å². The van der Waals surface area contributed by atoms with E-state index in [0.29, 0.717) is 117 Å². The first kappa shape index (κ1) is 102. The topological polar surface area (TPSA) is 217 Å². The molecule has 762 valence electrons. The van der Waals surface area contributed by atoms with Crippen LogP contribution in [0.1, 0.15) is 47.7 Å². The summed E-state index contributed by atoms with van der Waals surface area (Å²) in [5.41, 5.74) is 11.8. The minimum absolute atomic E-state index is 0.0442. The second-order valence-corrected chi connectivity index (χ2v) is 34.2. The van der Waals surface area contributed by atoms with E-state index >= 15 is 0 Å².